The van der Waals surface area contributed by atoms with Gasteiger partial charge in [-0.1, -0.05) is 152 Å². The van der Waals surface area contributed by atoms with E-state index in [1.54, 1.807) is 0 Å². The molecule has 0 aliphatic carbocycles. The van der Waals surface area contributed by atoms with Crippen molar-refractivity contribution in [2.45, 2.75) is 180 Å². The number of rotatable bonds is 35. The van der Waals surface area contributed by atoms with E-state index in [1.165, 1.54) is 103 Å². The molecule has 1 N–H and O–H groups in total. The Bertz CT molecular complexity index is 764. The van der Waals surface area contributed by atoms with Crippen molar-refractivity contribution in [2.75, 3.05) is 19.8 Å². The molecule has 0 saturated heterocycles. The van der Waals surface area contributed by atoms with E-state index in [0.29, 0.717) is 13.0 Å². The van der Waals surface area contributed by atoms with Gasteiger partial charge in [-0.05, 0) is 77.0 Å². The van der Waals surface area contributed by atoms with Gasteiger partial charge in [-0.15, -0.1) is 0 Å². The van der Waals surface area contributed by atoms with Crippen LogP contribution in [0.3, 0.4) is 0 Å². The Morgan fingerprint density at radius 1 is 0.543 bits per heavy atom. The number of allylic oxidation sites excluding steroid dienone is 10. The van der Waals surface area contributed by atoms with Gasteiger partial charge in [0.15, 0.2) is 0 Å². The molecule has 0 aliphatic heterocycles. The number of esters is 1. The molecule has 0 aromatic heterocycles. The van der Waals surface area contributed by atoms with E-state index in [9.17, 15) is 9.90 Å². The first kappa shape index (κ1) is 44.1. The molecule has 0 radical (unpaired) electrons. The fraction of sp³-hybridized carbons (Fsp3) is 0.738. The number of carbonyl (C=O) groups excluding carboxylic acids is 1. The lowest BCUT2D eigenvalue weighted by Gasteiger charge is -2.15. The molecule has 0 fully saturated rings. The minimum Gasteiger partial charge on any atom is -0.457 e. The fourth-order valence-corrected chi connectivity index (χ4v) is 5.19. The van der Waals surface area contributed by atoms with Gasteiger partial charge in [0.1, 0.15) is 6.10 Å². The molecule has 0 heterocycles. The average Bonchev–Trinajstić information content (AvgIpc) is 3.06. The van der Waals surface area contributed by atoms with Gasteiger partial charge in [0, 0.05) is 13.0 Å². The number of ether oxygens (including phenoxy) is 2. The highest BCUT2D eigenvalue weighted by molar-refractivity contribution is 5.69. The minimum atomic E-state index is -0.547. The van der Waals surface area contributed by atoms with Crippen molar-refractivity contribution < 1.29 is 19.4 Å². The monoisotopic (exact) mass is 643 g/mol. The van der Waals surface area contributed by atoms with Crippen molar-refractivity contribution in [3.8, 4) is 0 Å². The predicted octanol–water partition coefficient (Wildman–Crippen LogP) is 12.5. The van der Waals surface area contributed by atoms with Gasteiger partial charge in [0.25, 0.3) is 0 Å². The van der Waals surface area contributed by atoms with Crippen LogP contribution in [0.15, 0.2) is 60.8 Å². The number of unbranched alkanes of at least 4 members (excludes halogenated alkanes) is 17. The first-order valence-corrected chi connectivity index (χ1v) is 19.4. The van der Waals surface area contributed by atoms with Crippen LogP contribution in [0.4, 0.5) is 0 Å². The van der Waals surface area contributed by atoms with Gasteiger partial charge in [0.2, 0.25) is 0 Å². The molecule has 1 unspecified atom stereocenters. The van der Waals surface area contributed by atoms with Gasteiger partial charge in [0.05, 0.1) is 13.2 Å². The predicted molar refractivity (Wildman–Crippen MR) is 200 cm³/mol. The summed E-state index contributed by atoms with van der Waals surface area (Å²) in [5.74, 6) is -0.216. The average molecular weight is 643 g/mol. The summed E-state index contributed by atoms with van der Waals surface area (Å²) in [6.45, 7) is 5.18. The molecule has 0 amide bonds. The zero-order valence-electron chi connectivity index (χ0n) is 30.3. The molecule has 0 aliphatic rings. The van der Waals surface area contributed by atoms with E-state index in [0.717, 1.165) is 51.4 Å². The maximum Gasteiger partial charge on any atom is 0.306 e. The summed E-state index contributed by atoms with van der Waals surface area (Å²) >= 11 is 0. The first-order chi connectivity index (χ1) is 22.7. The van der Waals surface area contributed by atoms with Gasteiger partial charge in [-0.2, -0.15) is 0 Å². The zero-order chi connectivity index (χ0) is 33.4. The van der Waals surface area contributed by atoms with Crippen LogP contribution in [0, 0.1) is 0 Å². The molecule has 0 spiro atoms. The third kappa shape index (κ3) is 36.6. The number of hydrogen-bond acceptors (Lipinski definition) is 4. The van der Waals surface area contributed by atoms with Crippen LogP contribution >= 0.6 is 0 Å². The zero-order valence-corrected chi connectivity index (χ0v) is 30.3. The third-order valence-corrected chi connectivity index (χ3v) is 8.08. The summed E-state index contributed by atoms with van der Waals surface area (Å²) in [5, 5.41) is 9.57. The molecule has 266 valence electrons. The lowest BCUT2D eigenvalue weighted by atomic mass is 10.1. The molecule has 0 bridgehead atoms. The van der Waals surface area contributed by atoms with Gasteiger partial charge in [-0.25, -0.2) is 0 Å². The highest BCUT2D eigenvalue weighted by atomic mass is 16.6. The molecular weight excluding hydrogens is 568 g/mol. The summed E-state index contributed by atoms with van der Waals surface area (Å²) in [7, 11) is 0. The first-order valence-electron chi connectivity index (χ1n) is 19.4. The van der Waals surface area contributed by atoms with Crippen LogP contribution in [-0.4, -0.2) is 37.0 Å². The molecule has 0 aromatic rings. The highest BCUT2D eigenvalue weighted by Crippen LogP contribution is 2.12. The Balaban J connectivity index is 3.50. The van der Waals surface area contributed by atoms with Crippen molar-refractivity contribution >= 4 is 5.97 Å². The van der Waals surface area contributed by atoms with Crippen LogP contribution in [-0.2, 0) is 14.3 Å². The van der Waals surface area contributed by atoms with Gasteiger partial charge in [-0.3, -0.25) is 4.79 Å². The fourth-order valence-electron chi connectivity index (χ4n) is 5.19. The normalized spacial score (nSPS) is 13.0. The molecular formula is C42H74O4. The van der Waals surface area contributed by atoms with Crippen LogP contribution in [0.1, 0.15) is 174 Å². The largest absolute Gasteiger partial charge is 0.457 e. The van der Waals surface area contributed by atoms with Crippen LogP contribution in [0.25, 0.3) is 0 Å². The van der Waals surface area contributed by atoms with Crippen molar-refractivity contribution in [3.05, 3.63) is 60.8 Å². The molecule has 0 rings (SSSR count). The van der Waals surface area contributed by atoms with Gasteiger partial charge >= 0.3 is 5.97 Å². The minimum absolute atomic E-state index is 0.183. The second-order valence-electron chi connectivity index (χ2n) is 12.6. The quantitative estimate of drug-likeness (QED) is 0.0424. The summed E-state index contributed by atoms with van der Waals surface area (Å²) in [4.78, 5) is 12.2. The van der Waals surface area contributed by atoms with E-state index in [2.05, 4.69) is 74.6 Å². The van der Waals surface area contributed by atoms with Crippen molar-refractivity contribution in [3.63, 3.8) is 0 Å². The van der Waals surface area contributed by atoms with E-state index in [4.69, 9.17) is 9.47 Å². The van der Waals surface area contributed by atoms with Crippen LogP contribution in [0.5, 0.6) is 0 Å². The Morgan fingerprint density at radius 2 is 0.978 bits per heavy atom. The number of carbonyl (C=O) groups is 1. The van der Waals surface area contributed by atoms with E-state index >= 15 is 0 Å². The second-order valence-corrected chi connectivity index (χ2v) is 12.6. The lowest BCUT2D eigenvalue weighted by molar-refractivity contribution is -0.154. The Morgan fingerprint density at radius 3 is 1.48 bits per heavy atom. The Labute approximate surface area is 285 Å². The van der Waals surface area contributed by atoms with Crippen molar-refractivity contribution in [1.82, 2.24) is 0 Å². The van der Waals surface area contributed by atoms with E-state index in [1.807, 2.05) is 0 Å². The molecule has 0 saturated carbocycles. The van der Waals surface area contributed by atoms with Crippen LogP contribution in [0.2, 0.25) is 0 Å². The van der Waals surface area contributed by atoms with E-state index in [-0.39, 0.29) is 19.2 Å². The number of aliphatic hydroxyl groups excluding tert-OH is 1. The molecule has 4 nitrogen and oxygen atoms in total. The van der Waals surface area contributed by atoms with Crippen molar-refractivity contribution in [2.24, 2.45) is 0 Å². The molecule has 4 heteroatoms. The summed E-state index contributed by atoms with van der Waals surface area (Å²) < 4.78 is 11.1. The molecule has 46 heavy (non-hydrogen) atoms. The summed E-state index contributed by atoms with van der Waals surface area (Å²) in [5.41, 5.74) is 0. The highest BCUT2D eigenvalue weighted by Gasteiger charge is 2.13. The van der Waals surface area contributed by atoms with Gasteiger partial charge < -0.3 is 14.6 Å². The standard InChI is InChI=1S/C42H74O4/c1-3-5-7-9-11-13-15-17-19-21-22-23-25-27-29-31-33-35-37-42(44)46-41(39-43)40-45-38-36-34-32-30-28-26-24-20-18-16-14-12-10-8-6-4-2/h6,8,12-15,18-21,41,43H,3-5,7,9-11,16-17,22-40H2,1-2H3/b8-6-,14-12-,15-13-,20-18-,21-19-. The number of aliphatic hydroxyl groups is 1. The SMILES string of the molecule is CC/C=C\C/C=C\C/C=C\CCCCCCCCOCC(CO)OC(=O)CCCCCCCCC/C=C\C/C=C\CCCCCC. The molecule has 1 atom stereocenters. The maximum absolute atomic E-state index is 12.2. The van der Waals surface area contributed by atoms with E-state index < -0.39 is 6.10 Å². The molecule has 0 aromatic carbocycles. The Kier molecular flexibility index (Phi) is 37.6. The second kappa shape index (κ2) is 39.3. The lowest BCUT2D eigenvalue weighted by Crippen LogP contribution is -2.27. The smallest absolute Gasteiger partial charge is 0.306 e. The van der Waals surface area contributed by atoms with Crippen LogP contribution < -0.4 is 0 Å². The maximum atomic E-state index is 12.2. The Hall–Kier alpha value is -1.91. The topological polar surface area (TPSA) is 55.8 Å². The summed E-state index contributed by atoms with van der Waals surface area (Å²) in [6, 6.07) is 0. The van der Waals surface area contributed by atoms with Crippen molar-refractivity contribution in [1.29, 1.82) is 0 Å². The summed E-state index contributed by atoms with van der Waals surface area (Å²) in [6.07, 6.45) is 51.2. The number of hydrogen-bond donors (Lipinski definition) is 1. The third-order valence-electron chi connectivity index (χ3n) is 8.08.